The molecule has 0 radical (unpaired) electrons. The van der Waals surface area contributed by atoms with Crippen LogP contribution in [-0.2, 0) is 4.79 Å². The maximum Gasteiger partial charge on any atom is 0.223 e. The second-order valence-corrected chi connectivity index (χ2v) is 9.59. The Kier molecular flexibility index (Phi) is 5.51. The van der Waals surface area contributed by atoms with Gasteiger partial charge in [0.15, 0.2) is 11.5 Å². The van der Waals surface area contributed by atoms with Crippen molar-refractivity contribution >= 4 is 33.1 Å². The van der Waals surface area contributed by atoms with E-state index in [1.54, 1.807) is 0 Å². The zero-order valence-corrected chi connectivity index (χ0v) is 16.0. The summed E-state index contributed by atoms with van der Waals surface area (Å²) in [4.78, 5) is 14.8. The Hall–Kier alpha value is -1.21. The van der Waals surface area contributed by atoms with E-state index in [2.05, 4.69) is 10.2 Å². The van der Waals surface area contributed by atoms with Gasteiger partial charge in [-0.25, -0.2) is 0 Å². The van der Waals surface area contributed by atoms with E-state index in [-0.39, 0.29) is 11.9 Å². The minimum absolute atomic E-state index is 0.0756. The van der Waals surface area contributed by atoms with Crippen molar-refractivity contribution in [2.75, 3.05) is 12.3 Å². The largest absolute Gasteiger partial charge is 0.332 e. The zero-order chi connectivity index (χ0) is 17.1. The molecule has 0 saturated carbocycles. The molecule has 2 fully saturated rings. The lowest BCUT2D eigenvalue weighted by Crippen LogP contribution is -2.31. The number of aromatic nitrogens is 3. The molecule has 2 atom stereocenters. The summed E-state index contributed by atoms with van der Waals surface area (Å²) in [6.07, 6.45) is 9.44. The monoisotopic (exact) mass is 376 g/mol. The molecule has 1 amide bonds. The number of carbonyl (C=O) groups is 1. The van der Waals surface area contributed by atoms with E-state index >= 15 is 0 Å². The third-order valence-corrected chi connectivity index (χ3v) is 8.11. The summed E-state index contributed by atoms with van der Waals surface area (Å²) >= 11 is 0. The maximum absolute atomic E-state index is 12.7. The summed E-state index contributed by atoms with van der Waals surface area (Å²) in [5, 5.41) is 9.43. The summed E-state index contributed by atoms with van der Waals surface area (Å²) in [7, 11) is 4.02. The molecule has 2 aliphatic rings. The van der Waals surface area contributed by atoms with Gasteiger partial charge in [0.25, 0.3) is 0 Å². The van der Waals surface area contributed by atoms with Crippen molar-refractivity contribution in [3.63, 3.8) is 0 Å². The van der Waals surface area contributed by atoms with E-state index in [1.165, 1.54) is 18.6 Å². The van der Waals surface area contributed by atoms with Crippen LogP contribution >= 0.6 is 21.6 Å². The van der Waals surface area contributed by atoms with Crippen molar-refractivity contribution in [3.05, 3.63) is 30.2 Å². The zero-order valence-electron chi connectivity index (χ0n) is 14.3. The van der Waals surface area contributed by atoms with Crippen LogP contribution in [0.2, 0.25) is 0 Å². The van der Waals surface area contributed by atoms with E-state index in [4.69, 9.17) is 0 Å². The van der Waals surface area contributed by atoms with Crippen LogP contribution in [0.15, 0.2) is 24.4 Å². The molecule has 7 heteroatoms. The third-order valence-electron chi connectivity index (χ3n) is 5.11. The van der Waals surface area contributed by atoms with Crippen molar-refractivity contribution in [2.45, 2.75) is 56.2 Å². The van der Waals surface area contributed by atoms with Crippen molar-refractivity contribution in [1.29, 1.82) is 0 Å². The van der Waals surface area contributed by atoms with E-state index in [0.29, 0.717) is 6.42 Å². The maximum atomic E-state index is 12.7. The Morgan fingerprint density at radius 1 is 1.24 bits per heavy atom. The lowest BCUT2D eigenvalue weighted by Gasteiger charge is -2.23. The van der Waals surface area contributed by atoms with Crippen molar-refractivity contribution in [1.82, 2.24) is 19.5 Å². The minimum atomic E-state index is 0.0756. The molecule has 2 aromatic rings. The number of hydrogen-bond donors (Lipinski definition) is 0. The van der Waals surface area contributed by atoms with Crippen molar-refractivity contribution in [3.8, 4) is 0 Å². The lowest BCUT2D eigenvalue weighted by molar-refractivity contribution is -0.132. The highest BCUT2D eigenvalue weighted by atomic mass is 33.1. The van der Waals surface area contributed by atoms with Crippen molar-refractivity contribution in [2.24, 2.45) is 0 Å². The van der Waals surface area contributed by atoms with E-state index < -0.39 is 0 Å². The Morgan fingerprint density at radius 2 is 2.20 bits per heavy atom. The Labute approximate surface area is 156 Å². The van der Waals surface area contributed by atoms with Gasteiger partial charge in [-0.2, -0.15) is 0 Å². The first kappa shape index (κ1) is 17.2. The molecular weight excluding hydrogens is 352 g/mol. The van der Waals surface area contributed by atoms with Gasteiger partial charge in [-0.15, -0.1) is 10.2 Å². The molecule has 2 saturated heterocycles. The number of rotatable bonds is 6. The number of carbonyl (C=O) groups excluding carboxylic acids is 1. The smallest absolute Gasteiger partial charge is 0.223 e. The Bertz CT molecular complexity index is 729. The van der Waals surface area contributed by atoms with Gasteiger partial charge in [0.05, 0.1) is 6.04 Å². The average Bonchev–Trinajstić information content (AvgIpc) is 3.38. The normalized spacial score (nSPS) is 23.6. The molecule has 4 rings (SSSR count). The molecule has 5 nitrogen and oxygen atoms in total. The van der Waals surface area contributed by atoms with Crippen LogP contribution in [0.5, 0.6) is 0 Å². The van der Waals surface area contributed by atoms with Crippen LogP contribution < -0.4 is 0 Å². The van der Waals surface area contributed by atoms with Crippen LogP contribution in [0, 0.1) is 0 Å². The highest BCUT2D eigenvalue weighted by molar-refractivity contribution is 8.77. The molecule has 0 N–H and O–H groups in total. The van der Waals surface area contributed by atoms with E-state index in [0.717, 1.165) is 48.9 Å². The molecule has 2 aliphatic heterocycles. The Balaban J connectivity index is 1.35. The first-order chi connectivity index (χ1) is 12.3. The number of pyridine rings is 1. The predicted molar refractivity (Wildman–Crippen MR) is 104 cm³/mol. The lowest BCUT2D eigenvalue weighted by atomic mass is 10.1. The van der Waals surface area contributed by atoms with Crippen LogP contribution in [0.3, 0.4) is 0 Å². The van der Waals surface area contributed by atoms with Gasteiger partial charge in [0.1, 0.15) is 0 Å². The number of unbranched alkanes of at least 4 members (excludes halogenated alkanes) is 1. The van der Waals surface area contributed by atoms with Gasteiger partial charge in [-0.1, -0.05) is 34.1 Å². The molecule has 2 aromatic heterocycles. The van der Waals surface area contributed by atoms with Crippen LogP contribution in [-0.4, -0.2) is 43.0 Å². The molecule has 134 valence electrons. The number of amides is 1. The topological polar surface area (TPSA) is 50.5 Å². The molecule has 4 heterocycles. The van der Waals surface area contributed by atoms with Gasteiger partial charge in [0, 0.05) is 30.2 Å². The average molecular weight is 377 g/mol. The molecule has 25 heavy (non-hydrogen) atoms. The molecule has 0 bridgehead atoms. The van der Waals surface area contributed by atoms with Crippen LogP contribution in [0.1, 0.15) is 56.8 Å². The summed E-state index contributed by atoms with van der Waals surface area (Å²) in [5.74, 6) is 2.47. The third kappa shape index (κ3) is 3.82. The van der Waals surface area contributed by atoms with E-state index in [9.17, 15) is 4.79 Å². The first-order valence-electron chi connectivity index (χ1n) is 9.20. The Morgan fingerprint density at radius 3 is 3.08 bits per heavy atom. The highest BCUT2D eigenvalue weighted by Crippen LogP contribution is 2.40. The van der Waals surface area contributed by atoms with Crippen molar-refractivity contribution < 1.29 is 4.79 Å². The van der Waals surface area contributed by atoms with Gasteiger partial charge >= 0.3 is 0 Å². The fourth-order valence-electron chi connectivity index (χ4n) is 3.78. The standard InChI is InChI=1S/C18H24N4OS2/c23-17(9-2-1-6-14-10-13-24-25-14)21-12-5-7-15(21)18-20-19-16-8-3-4-11-22(16)18/h3-4,8,11,14-15H,1-2,5-7,9-10,12-13H2/t14-,15-/m1/s1. The molecule has 0 aliphatic carbocycles. The first-order valence-corrected chi connectivity index (χ1v) is 11.6. The van der Waals surface area contributed by atoms with Crippen LogP contribution in [0.4, 0.5) is 0 Å². The number of hydrogen-bond acceptors (Lipinski definition) is 5. The fourth-order valence-corrected chi connectivity index (χ4v) is 6.80. The molecule has 0 spiro atoms. The van der Waals surface area contributed by atoms with E-state index in [1.807, 2.05) is 55.3 Å². The summed E-state index contributed by atoms with van der Waals surface area (Å²) < 4.78 is 2.02. The number of nitrogens with zero attached hydrogens (tertiary/aromatic N) is 4. The SMILES string of the molecule is O=C(CCCC[C@@H]1CCSS1)N1CCC[C@@H]1c1nnc2ccccn12. The number of fused-ring (bicyclic) bond motifs is 1. The van der Waals surface area contributed by atoms with Gasteiger partial charge < -0.3 is 4.90 Å². The predicted octanol–water partition coefficient (Wildman–Crippen LogP) is 4.11. The van der Waals surface area contributed by atoms with Gasteiger partial charge in [0.2, 0.25) is 5.91 Å². The molecule has 0 unspecified atom stereocenters. The number of likely N-dealkylation sites (tertiary alicyclic amines) is 1. The second kappa shape index (κ2) is 7.99. The highest BCUT2D eigenvalue weighted by Gasteiger charge is 2.32. The molecular formula is C18H24N4OS2. The summed E-state index contributed by atoms with van der Waals surface area (Å²) in [6.45, 7) is 0.848. The molecule has 0 aromatic carbocycles. The fraction of sp³-hybridized carbons (Fsp3) is 0.611. The van der Waals surface area contributed by atoms with Gasteiger partial charge in [-0.3, -0.25) is 9.20 Å². The summed E-state index contributed by atoms with van der Waals surface area (Å²) in [5.41, 5.74) is 0.851. The summed E-state index contributed by atoms with van der Waals surface area (Å²) in [6, 6.07) is 5.98. The van der Waals surface area contributed by atoms with Gasteiger partial charge in [-0.05, 0) is 44.2 Å². The second-order valence-electron chi connectivity index (χ2n) is 6.81. The van der Waals surface area contributed by atoms with Crippen LogP contribution in [0.25, 0.3) is 5.65 Å². The minimum Gasteiger partial charge on any atom is -0.332 e. The quantitative estimate of drug-likeness (QED) is 0.561.